The van der Waals surface area contributed by atoms with Crippen molar-refractivity contribution in [1.82, 2.24) is 19.7 Å². The number of hydrogen-bond acceptors (Lipinski definition) is 4. The first kappa shape index (κ1) is 10.2. The van der Waals surface area contributed by atoms with E-state index in [1.54, 1.807) is 18.1 Å². The highest BCUT2D eigenvalue weighted by atomic mass is 32.2. The maximum atomic E-state index is 4.26. The van der Waals surface area contributed by atoms with Crippen LogP contribution in [0.25, 0.3) is 0 Å². The van der Waals surface area contributed by atoms with Gasteiger partial charge >= 0.3 is 0 Å². The number of thioether (sulfide) groups is 1. The minimum absolute atomic E-state index is 0.950. The molecule has 2 aromatic rings. The van der Waals surface area contributed by atoms with Gasteiger partial charge in [0.25, 0.3) is 0 Å². The lowest BCUT2D eigenvalue weighted by Gasteiger charge is -2.00. The van der Waals surface area contributed by atoms with Gasteiger partial charge in [-0.05, 0) is 18.6 Å². The highest BCUT2D eigenvalue weighted by molar-refractivity contribution is 7.99. The van der Waals surface area contributed by atoms with Crippen molar-refractivity contribution in [2.45, 2.75) is 11.6 Å². The molecule has 0 saturated heterocycles. The van der Waals surface area contributed by atoms with Gasteiger partial charge in [-0.25, -0.2) is 0 Å². The predicted octanol–water partition coefficient (Wildman–Crippen LogP) is 1.54. The molecule has 0 aliphatic carbocycles. The van der Waals surface area contributed by atoms with Gasteiger partial charge < -0.3 is 4.57 Å². The van der Waals surface area contributed by atoms with Crippen LogP contribution in [-0.2, 0) is 13.5 Å². The molecule has 78 valence electrons. The molecule has 15 heavy (non-hydrogen) atoms. The van der Waals surface area contributed by atoms with E-state index in [9.17, 15) is 0 Å². The largest absolute Gasteiger partial charge is 0.312 e. The summed E-state index contributed by atoms with van der Waals surface area (Å²) in [5, 5.41) is 8.78. The fourth-order valence-electron chi connectivity index (χ4n) is 1.20. The Bertz CT molecular complexity index is 412. The van der Waals surface area contributed by atoms with E-state index in [-0.39, 0.29) is 0 Å². The number of hydrogen-bond donors (Lipinski definition) is 0. The summed E-state index contributed by atoms with van der Waals surface area (Å²) in [4.78, 5) is 4.26. The first-order chi connectivity index (χ1) is 7.36. The van der Waals surface area contributed by atoms with Gasteiger partial charge in [0, 0.05) is 24.7 Å². The lowest BCUT2D eigenvalue weighted by Crippen LogP contribution is -1.94. The van der Waals surface area contributed by atoms with Gasteiger partial charge in [-0.2, -0.15) is 0 Å². The van der Waals surface area contributed by atoms with E-state index in [1.807, 2.05) is 36.0 Å². The molecule has 5 heteroatoms. The molecule has 0 amide bonds. The van der Waals surface area contributed by atoms with Crippen LogP contribution in [0.5, 0.6) is 0 Å². The SMILES string of the molecule is Cn1cnnc1SCCc1ccccn1. The van der Waals surface area contributed by atoms with E-state index in [1.165, 1.54) is 0 Å². The number of nitrogens with zero attached hydrogens (tertiary/aromatic N) is 4. The highest BCUT2D eigenvalue weighted by Crippen LogP contribution is 2.14. The Morgan fingerprint density at radius 3 is 3.00 bits per heavy atom. The van der Waals surface area contributed by atoms with Gasteiger partial charge in [-0.15, -0.1) is 10.2 Å². The zero-order valence-electron chi connectivity index (χ0n) is 8.50. The molecule has 2 aromatic heterocycles. The topological polar surface area (TPSA) is 43.6 Å². The standard InChI is InChI=1S/C10H12N4S/c1-14-8-12-13-10(14)15-7-5-9-4-2-3-6-11-9/h2-4,6,8H,5,7H2,1H3. The number of rotatable bonds is 4. The van der Waals surface area contributed by atoms with Gasteiger partial charge in [0.05, 0.1) is 0 Å². The van der Waals surface area contributed by atoms with Crippen molar-refractivity contribution < 1.29 is 0 Å². The number of pyridine rings is 1. The Morgan fingerprint density at radius 1 is 1.40 bits per heavy atom. The summed E-state index contributed by atoms with van der Waals surface area (Å²) >= 11 is 1.70. The molecule has 0 aromatic carbocycles. The van der Waals surface area contributed by atoms with E-state index < -0.39 is 0 Å². The van der Waals surface area contributed by atoms with Crippen molar-refractivity contribution in [2.24, 2.45) is 7.05 Å². The molecule has 0 bridgehead atoms. The second kappa shape index (κ2) is 4.93. The van der Waals surface area contributed by atoms with Gasteiger partial charge in [0.15, 0.2) is 5.16 Å². The van der Waals surface area contributed by atoms with E-state index >= 15 is 0 Å². The molecule has 0 saturated carbocycles. The monoisotopic (exact) mass is 220 g/mol. The van der Waals surface area contributed by atoms with Crippen LogP contribution in [0.1, 0.15) is 5.69 Å². The molecule has 0 unspecified atom stereocenters. The van der Waals surface area contributed by atoms with Crippen LogP contribution in [0, 0.1) is 0 Å². The van der Waals surface area contributed by atoms with Crippen LogP contribution in [0.3, 0.4) is 0 Å². The Labute approximate surface area is 92.8 Å². The zero-order chi connectivity index (χ0) is 10.5. The van der Waals surface area contributed by atoms with Crippen LogP contribution in [0.15, 0.2) is 35.9 Å². The van der Waals surface area contributed by atoms with Crippen LogP contribution in [0.2, 0.25) is 0 Å². The second-order valence-corrected chi connectivity index (χ2v) is 4.21. The zero-order valence-corrected chi connectivity index (χ0v) is 9.31. The summed E-state index contributed by atoms with van der Waals surface area (Å²) in [6.45, 7) is 0. The molecule has 0 spiro atoms. The molecular formula is C10H12N4S. The van der Waals surface area contributed by atoms with Crippen LogP contribution in [-0.4, -0.2) is 25.5 Å². The Balaban J connectivity index is 1.83. The Morgan fingerprint density at radius 2 is 2.33 bits per heavy atom. The summed E-state index contributed by atoms with van der Waals surface area (Å²) in [6, 6.07) is 5.98. The lowest BCUT2D eigenvalue weighted by molar-refractivity contribution is 0.788. The van der Waals surface area contributed by atoms with E-state index in [0.29, 0.717) is 0 Å². The van der Waals surface area contributed by atoms with Crippen molar-refractivity contribution in [1.29, 1.82) is 0 Å². The van der Waals surface area contributed by atoms with Crippen molar-refractivity contribution in [2.75, 3.05) is 5.75 Å². The smallest absolute Gasteiger partial charge is 0.190 e. The van der Waals surface area contributed by atoms with E-state index in [0.717, 1.165) is 23.0 Å². The number of aromatic nitrogens is 4. The minimum atomic E-state index is 0.950. The summed E-state index contributed by atoms with van der Waals surface area (Å²) < 4.78 is 1.92. The fraction of sp³-hybridized carbons (Fsp3) is 0.300. The molecule has 2 rings (SSSR count). The molecule has 0 radical (unpaired) electrons. The molecule has 4 nitrogen and oxygen atoms in total. The Kier molecular flexibility index (Phi) is 3.34. The van der Waals surface area contributed by atoms with Gasteiger partial charge in [-0.3, -0.25) is 4.98 Å². The molecule has 0 fully saturated rings. The average Bonchev–Trinajstić information content (AvgIpc) is 2.66. The van der Waals surface area contributed by atoms with E-state index in [2.05, 4.69) is 15.2 Å². The van der Waals surface area contributed by atoms with Crippen molar-refractivity contribution in [3.8, 4) is 0 Å². The summed E-state index contributed by atoms with van der Waals surface area (Å²) in [5.41, 5.74) is 1.12. The van der Waals surface area contributed by atoms with Crippen molar-refractivity contribution in [3.05, 3.63) is 36.4 Å². The molecule has 0 atom stereocenters. The maximum Gasteiger partial charge on any atom is 0.190 e. The van der Waals surface area contributed by atoms with E-state index in [4.69, 9.17) is 0 Å². The molecule has 0 aliphatic rings. The molecular weight excluding hydrogens is 208 g/mol. The molecule has 0 aliphatic heterocycles. The quantitative estimate of drug-likeness (QED) is 0.733. The fourth-order valence-corrected chi connectivity index (χ4v) is 2.05. The van der Waals surface area contributed by atoms with Crippen LogP contribution in [0.4, 0.5) is 0 Å². The van der Waals surface area contributed by atoms with Crippen LogP contribution < -0.4 is 0 Å². The van der Waals surface area contributed by atoms with Crippen molar-refractivity contribution in [3.63, 3.8) is 0 Å². The third kappa shape index (κ3) is 2.79. The third-order valence-corrected chi connectivity index (χ3v) is 3.02. The van der Waals surface area contributed by atoms with Gasteiger partial charge in [0.1, 0.15) is 6.33 Å². The first-order valence-electron chi connectivity index (χ1n) is 4.73. The summed E-state index contributed by atoms with van der Waals surface area (Å²) in [6.07, 6.45) is 4.49. The van der Waals surface area contributed by atoms with Gasteiger partial charge in [0.2, 0.25) is 0 Å². The maximum absolute atomic E-state index is 4.26. The molecule has 2 heterocycles. The molecule has 0 N–H and O–H groups in total. The Hall–Kier alpha value is -1.36. The average molecular weight is 220 g/mol. The summed E-state index contributed by atoms with van der Waals surface area (Å²) in [7, 11) is 1.95. The normalized spacial score (nSPS) is 10.5. The van der Waals surface area contributed by atoms with Crippen molar-refractivity contribution >= 4 is 11.8 Å². The third-order valence-electron chi connectivity index (χ3n) is 1.99. The highest BCUT2D eigenvalue weighted by Gasteiger charge is 2.01. The second-order valence-electron chi connectivity index (χ2n) is 3.14. The number of aryl methyl sites for hydroxylation is 2. The minimum Gasteiger partial charge on any atom is -0.312 e. The lowest BCUT2D eigenvalue weighted by atomic mass is 10.3. The van der Waals surface area contributed by atoms with Gasteiger partial charge in [-0.1, -0.05) is 17.8 Å². The first-order valence-corrected chi connectivity index (χ1v) is 5.71. The predicted molar refractivity (Wildman–Crippen MR) is 59.7 cm³/mol. The van der Waals surface area contributed by atoms with Crippen LogP contribution >= 0.6 is 11.8 Å². The summed E-state index contributed by atoms with van der Waals surface area (Å²) in [5.74, 6) is 0.976.